The first kappa shape index (κ1) is 10.8. The second-order valence-electron chi connectivity index (χ2n) is 2.41. The Hall–Kier alpha value is -0.240. The topological polar surface area (TPSA) is 15.6 Å². The van der Waals surface area contributed by atoms with Crippen molar-refractivity contribution in [3.63, 3.8) is 0 Å². The van der Waals surface area contributed by atoms with Crippen molar-refractivity contribution >= 4 is 17.4 Å². The summed E-state index contributed by atoms with van der Waals surface area (Å²) >= 11 is 4.47. The number of aliphatic imine (C=N–C) groups is 1. The summed E-state index contributed by atoms with van der Waals surface area (Å²) in [6.07, 6.45) is 1.20. The Balaban J connectivity index is 3.42. The number of thiocarbonyl (C=S) groups is 1. The molecule has 0 aromatic carbocycles. The Morgan fingerprint density at radius 2 is 2.09 bits per heavy atom. The van der Waals surface area contributed by atoms with Crippen LogP contribution in [-0.4, -0.2) is 36.2 Å². The highest BCUT2D eigenvalue weighted by Gasteiger charge is 1.97. The summed E-state index contributed by atoms with van der Waals surface area (Å²) in [4.78, 5) is 6.22. The van der Waals surface area contributed by atoms with Crippen LogP contribution in [0.4, 0.5) is 0 Å². The third kappa shape index (κ3) is 6.17. The Bertz CT molecular complexity index is 130. The van der Waals surface area contributed by atoms with Gasteiger partial charge in [-0.15, -0.1) is 0 Å². The monoisotopic (exact) mass is 172 g/mol. The van der Waals surface area contributed by atoms with Gasteiger partial charge in [-0.1, -0.05) is 13.8 Å². The molecule has 0 N–H and O–H groups in total. The molecule has 0 aromatic heterocycles. The van der Waals surface area contributed by atoms with Crippen LogP contribution in [0.25, 0.3) is 0 Å². The summed E-state index contributed by atoms with van der Waals surface area (Å²) in [5.41, 5.74) is 0. The van der Waals surface area contributed by atoms with Gasteiger partial charge in [-0.2, -0.15) is 0 Å². The van der Waals surface area contributed by atoms with Crippen molar-refractivity contribution < 1.29 is 0 Å². The Morgan fingerprint density at radius 3 is 2.55 bits per heavy atom. The van der Waals surface area contributed by atoms with E-state index in [9.17, 15) is 0 Å². The Morgan fingerprint density at radius 1 is 1.36 bits per heavy atom. The van der Waals surface area contributed by atoms with E-state index in [4.69, 9.17) is 0 Å². The van der Waals surface area contributed by atoms with E-state index < -0.39 is 0 Å². The molecule has 0 amide bonds. The van der Waals surface area contributed by atoms with Gasteiger partial charge >= 0.3 is 0 Å². The minimum Gasteiger partial charge on any atom is -0.302 e. The van der Waals surface area contributed by atoms with Gasteiger partial charge in [-0.25, -0.2) is 4.99 Å². The number of nitrogens with zero attached hydrogens (tertiary/aromatic N) is 2. The summed E-state index contributed by atoms with van der Waals surface area (Å²) in [5, 5.41) is 2.37. The Kier molecular flexibility index (Phi) is 7.69. The van der Waals surface area contributed by atoms with Crippen molar-refractivity contribution in [2.24, 2.45) is 4.99 Å². The number of hydrogen-bond acceptors (Lipinski definition) is 3. The van der Waals surface area contributed by atoms with Crippen molar-refractivity contribution in [3.05, 3.63) is 0 Å². The van der Waals surface area contributed by atoms with Gasteiger partial charge in [0, 0.05) is 6.54 Å². The molecule has 3 heteroatoms. The van der Waals surface area contributed by atoms with Crippen LogP contribution in [0, 0.1) is 0 Å². The lowest BCUT2D eigenvalue weighted by Crippen LogP contribution is -2.26. The first-order valence-corrected chi connectivity index (χ1v) is 4.52. The molecule has 0 aliphatic rings. The fraction of sp³-hybridized carbons (Fsp3) is 0.875. The zero-order chi connectivity index (χ0) is 8.53. The standard InChI is InChI=1S/C8H16N2S/c1-3-6-10(4-2)7-5-9-8-11/h3-7H2,1-2H3. The van der Waals surface area contributed by atoms with Crippen LogP contribution in [0.15, 0.2) is 4.99 Å². The third-order valence-electron chi connectivity index (χ3n) is 1.58. The minimum atomic E-state index is 0.789. The van der Waals surface area contributed by atoms with Gasteiger partial charge in [0.25, 0.3) is 0 Å². The first-order chi connectivity index (χ1) is 5.35. The molecule has 11 heavy (non-hydrogen) atoms. The van der Waals surface area contributed by atoms with Gasteiger partial charge in [-0.05, 0) is 31.7 Å². The number of likely N-dealkylation sites (N-methyl/N-ethyl adjacent to an activating group) is 1. The highest BCUT2D eigenvalue weighted by atomic mass is 32.1. The van der Waals surface area contributed by atoms with E-state index >= 15 is 0 Å². The van der Waals surface area contributed by atoms with E-state index in [2.05, 4.69) is 41.1 Å². The average molecular weight is 172 g/mol. The normalized spacial score (nSPS) is 9.73. The van der Waals surface area contributed by atoms with Crippen molar-refractivity contribution in [1.29, 1.82) is 0 Å². The van der Waals surface area contributed by atoms with E-state index in [1.54, 1.807) is 0 Å². The van der Waals surface area contributed by atoms with Crippen molar-refractivity contribution in [3.8, 4) is 0 Å². The molecule has 0 radical (unpaired) electrons. The van der Waals surface area contributed by atoms with Gasteiger partial charge in [0.05, 0.1) is 11.7 Å². The molecule has 0 aromatic rings. The lowest BCUT2D eigenvalue weighted by Gasteiger charge is -2.17. The predicted molar refractivity (Wildman–Crippen MR) is 52.3 cm³/mol. The average Bonchev–Trinajstić information content (AvgIpc) is 2.03. The molecular formula is C8H16N2S. The third-order valence-corrected chi connectivity index (χ3v) is 1.71. The molecule has 0 fully saturated rings. The van der Waals surface area contributed by atoms with E-state index in [0.29, 0.717) is 0 Å². The summed E-state index contributed by atoms with van der Waals surface area (Å²) in [6, 6.07) is 0. The molecular weight excluding hydrogens is 156 g/mol. The van der Waals surface area contributed by atoms with E-state index in [-0.39, 0.29) is 0 Å². The van der Waals surface area contributed by atoms with Gasteiger partial charge in [0.2, 0.25) is 0 Å². The highest BCUT2D eigenvalue weighted by molar-refractivity contribution is 7.78. The summed E-state index contributed by atoms with van der Waals surface area (Å²) in [7, 11) is 0. The molecule has 64 valence electrons. The quantitative estimate of drug-likeness (QED) is 0.448. The molecule has 0 rings (SSSR count). The lowest BCUT2D eigenvalue weighted by atomic mass is 10.4. The largest absolute Gasteiger partial charge is 0.302 e. The molecule has 0 atom stereocenters. The smallest absolute Gasteiger partial charge is 0.0620 e. The first-order valence-electron chi connectivity index (χ1n) is 4.11. The molecule has 0 unspecified atom stereocenters. The molecule has 0 heterocycles. The molecule has 0 spiro atoms. The van der Waals surface area contributed by atoms with Gasteiger partial charge < -0.3 is 4.90 Å². The minimum absolute atomic E-state index is 0.789. The van der Waals surface area contributed by atoms with Crippen molar-refractivity contribution in [1.82, 2.24) is 4.90 Å². The molecule has 0 saturated heterocycles. The van der Waals surface area contributed by atoms with Crippen molar-refractivity contribution in [2.45, 2.75) is 20.3 Å². The molecule has 0 aliphatic carbocycles. The summed E-state index contributed by atoms with van der Waals surface area (Å²) < 4.78 is 0. The SMILES string of the molecule is CCCN(CC)CCN=C=S. The van der Waals surface area contributed by atoms with E-state index in [0.717, 1.165) is 26.2 Å². The van der Waals surface area contributed by atoms with Crippen LogP contribution in [0.3, 0.4) is 0 Å². The van der Waals surface area contributed by atoms with Crippen LogP contribution in [-0.2, 0) is 0 Å². The van der Waals surface area contributed by atoms with Crippen LogP contribution >= 0.6 is 12.2 Å². The lowest BCUT2D eigenvalue weighted by molar-refractivity contribution is 0.297. The van der Waals surface area contributed by atoms with E-state index in [1.807, 2.05) is 0 Å². The Labute approximate surface area is 74.3 Å². The fourth-order valence-corrected chi connectivity index (χ4v) is 1.07. The molecule has 0 saturated carbocycles. The number of isothiocyanates is 1. The number of hydrogen-bond donors (Lipinski definition) is 0. The number of rotatable bonds is 6. The second-order valence-corrected chi connectivity index (χ2v) is 2.59. The fourth-order valence-electron chi connectivity index (χ4n) is 0.981. The van der Waals surface area contributed by atoms with Crippen LogP contribution in [0.2, 0.25) is 0 Å². The molecule has 0 aliphatic heterocycles. The van der Waals surface area contributed by atoms with Crippen LogP contribution in [0.5, 0.6) is 0 Å². The van der Waals surface area contributed by atoms with Crippen molar-refractivity contribution in [2.75, 3.05) is 26.2 Å². The maximum absolute atomic E-state index is 4.47. The zero-order valence-corrected chi connectivity index (χ0v) is 8.15. The van der Waals surface area contributed by atoms with E-state index in [1.165, 1.54) is 6.42 Å². The maximum Gasteiger partial charge on any atom is 0.0620 e. The summed E-state index contributed by atoms with van der Waals surface area (Å²) in [6.45, 7) is 8.40. The zero-order valence-electron chi connectivity index (χ0n) is 7.34. The van der Waals surface area contributed by atoms with Gasteiger partial charge in [0.1, 0.15) is 0 Å². The molecule has 0 bridgehead atoms. The maximum atomic E-state index is 4.47. The van der Waals surface area contributed by atoms with Gasteiger partial charge in [-0.3, -0.25) is 0 Å². The summed E-state index contributed by atoms with van der Waals surface area (Å²) in [5.74, 6) is 0. The predicted octanol–water partition coefficient (Wildman–Crippen LogP) is 1.82. The van der Waals surface area contributed by atoms with Crippen LogP contribution in [0.1, 0.15) is 20.3 Å². The second kappa shape index (κ2) is 7.86. The van der Waals surface area contributed by atoms with Crippen LogP contribution < -0.4 is 0 Å². The molecule has 2 nitrogen and oxygen atoms in total. The van der Waals surface area contributed by atoms with Gasteiger partial charge in [0.15, 0.2) is 0 Å². The highest BCUT2D eigenvalue weighted by Crippen LogP contribution is 1.89.